The molecule has 0 N–H and O–H groups in total. The summed E-state index contributed by atoms with van der Waals surface area (Å²) in [6, 6.07) is 13.4. The van der Waals surface area contributed by atoms with Crippen LogP contribution in [-0.2, 0) is 0 Å². The molecule has 0 bridgehead atoms. The number of para-hydroxylation sites is 1. The quantitative estimate of drug-likeness (QED) is 0.678. The lowest BCUT2D eigenvalue weighted by molar-refractivity contribution is -0.0498. The summed E-state index contributed by atoms with van der Waals surface area (Å²) in [5.74, 6) is -0.354. The van der Waals surface area contributed by atoms with Crippen LogP contribution in [0.25, 0.3) is 10.2 Å². The molecule has 1 heterocycles. The number of fused-ring (bicyclic) bond motifs is 1. The van der Waals surface area contributed by atoms with Crippen molar-refractivity contribution in [2.24, 2.45) is 0 Å². The van der Waals surface area contributed by atoms with E-state index in [0.29, 0.717) is 11.7 Å². The van der Waals surface area contributed by atoms with E-state index in [1.807, 2.05) is 31.2 Å². The summed E-state index contributed by atoms with van der Waals surface area (Å²) < 4.78 is 30.0. The van der Waals surface area contributed by atoms with Crippen molar-refractivity contribution in [3.63, 3.8) is 0 Å². The number of hydrogen-bond acceptors (Lipinski definition) is 4. The number of hydrogen-bond donors (Lipinski definition) is 0. The standard InChI is InChI=1S/C17H14F2N2O2S/c1-2-21(17-20-13-8-3-4-9-14(13)24-17)15(22)11-6-5-7-12(10-11)23-16(18)19/h3-10,16H,2H2,1H3. The van der Waals surface area contributed by atoms with Crippen molar-refractivity contribution in [3.8, 4) is 5.75 Å². The van der Waals surface area contributed by atoms with Gasteiger partial charge < -0.3 is 4.74 Å². The number of rotatable bonds is 5. The molecule has 0 fully saturated rings. The first-order valence-corrected chi connectivity index (χ1v) is 8.12. The predicted octanol–water partition coefficient (Wildman–Crippen LogP) is 4.56. The van der Waals surface area contributed by atoms with Crippen LogP contribution in [0.5, 0.6) is 5.75 Å². The van der Waals surface area contributed by atoms with Crippen molar-refractivity contribution in [2.75, 3.05) is 11.4 Å². The summed E-state index contributed by atoms with van der Waals surface area (Å²) >= 11 is 1.41. The van der Waals surface area contributed by atoms with Crippen molar-refractivity contribution >= 4 is 32.6 Å². The number of ether oxygens (including phenoxy) is 1. The highest BCUT2D eigenvalue weighted by atomic mass is 32.1. The summed E-state index contributed by atoms with van der Waals surface area (Å²) in [5, 5.41) is 0.573. The molecule has 124 valence electrons. The van der Waals surface area contributed by atoms with E-state index in [9.17, 15) is 13.6 Å². The molecule has 0 saturated heterocycles. The van der Waals surface area contributed by atoms with E-state index in [4.69, 9.17) is 0 Å². The van der Waals surface area contributed by atoms with Crippen LogP contribution in [0.2, 0.25) is 0 Å². The molecular formula is C17H14F2N2O2S. The third-order valence-electron chi connectivity index (χ3n) is 3.38. The van der Waals surface area contributed by atoms with Gasteiger partial charge in [0.2, 0.25) is 0 Å². The Hall–Kier alpha value is -2.54. The smallest absolute Gasteiger partial charge is 0.387 e. The molecular weight excluding hydrogens is 334 g/mol. The van der Waals surface area contributed by atoms with E-state index in [0.717, 1.165) is 10.2 Å². The SMILES string of the molecule is CCN(C(=O)c1cccc(OC(F)F)c1)c1nc2ccccc2s1. The molecule has 0 aliphatic rings. The lowest BCUT2D eigenvalue weighted by atomic mass is 10.2. The molecule has 4 nitrogen and oxygen atoms in total. The molecule has 0 aliphatic heterocycles. The lowest BCUT2D eigenvalue weighted by Gasteiger charge is -2.18. The molecule has 2 aromatic carbocycles. The van der Waals surface area contributed by atoms with Crippen molar-refractivity contribution in [1.29, 1.82) is 0 Å². The number of carbonyl (C=O) groups excluding carboxylic acids is 1. The van der Waals surface area contributed by atoms with Crippen molar-refractivity contribution < 1.29 is 18.3 Å². The van der Waals surface area contributed by atoms with Crippen LogP contribution in [0.1, 0.15) is 17.3 Å². The number of alkyl halides is 2. The zero-order valence-corrected chi connectivity index (χ0v) is 13.6. The van der Waals surface area contributed by atoms with Crippen molar-refractivity contribution in [2.45, 2.75) is 13.5 Å². The van der Waals surface area contributed by atoms with Crippen molar-refractivity contribution in [3.05, 3.63) is 54.1 Å². The van der Waals surface area contributed by atoms with E-state index in [2.05, 4.69) is 9.72 Å². The second-order valence-corrected chi connectivity index (χ2v) is 5.93. The highest BCUT2D eigenvalue weighted by molar-refractivity contribution is 7.22. The Kier molecular flexibility index (Phi) is 4.71. The van der Waals surface area contributed by atoms with Gasteiger partial charge in [-0.15, -0.1) is 0 Å². The molecule has 1 aromatic heterocycles. The maximum absolute atomic E-state index is 12.7. The summed E-state index contributed by atoms with van der Waals surface area (Å²) in [7, 11) is 0. The van der Waals surface area contributed by atoms with Gasteiger partial charge in [0.25, 0.3) is 5.91 Å². The predicted molar refractivity (Wildman–Crippen MR) is 90.0 cm³/mol. The fraction of sp³-hybridized carbons (Fsp3) is 0.176. The van der Waals surface area contributed by atoms with Crippen LogP contribution in [0.15, 0.2) is 48.5 Å². The van der Waals surface area contributed by atoms with Gasteiger partial charge in [0.1, 0.15) is 5.75 Å². The minimum Gasteiger partial charge on any atom is -0.435 e. The minimum atomic E-state index is -2.93. The second kappa shape index (κ2) is 6.92. The number of halogens is 2. The van der Waals surface area contributed by atoms with Crippen LogP contribution in [0.3, 0.4) is 0 Å². The number of aromatic nitrogens is 1. The Morgan fingerprint density at radius 3 is 2.75 bits per heavy atom. The summed E-state index contributed by atoms with van der Waals surface area (Å²) in [6.45, 7) is -0.677. The Morgan fingerprint density at radius 2 is 2.04 bits per heavy atom. The average Bonchev–Trinajstić information content (AvgIpc) is 2.98. The number of amides is 1. The van der Waals surface area contributed by atoms with Crippen LogP contribution in [0.4, 0.5) is 13.9 Å². The topological polar surface area (TPSA) is 42.4 Å². The number of anilines is 1. The van der Waals surface area contributed by atoms with Crippen LogP contribution in [0, 0.1) is 0 Å². The van der Waals surface area contributed by atoms with Gasteiger partial charge >= 0.3 is 6.61 Å². The van der Waals surface area contributed by atoms with Gasteiger partial charge in [-0.25, -0.2) is 4.98 Å². The Morgan fingerprint density at radius 1 is 1.25 bits per heavy atom. The third-order valence-corrected chi connectivity index (χ3v) is 4.44. The second-order valence-electron chi connectivity index (χ2n) is 4.92. The van der Waals surface area contributed by atoms with Crippen LogP contribution in [-0.4, -0.2) is 24.0 Å². The van der Waals surface area contributed by atoms with Gasteiger partial charge in [-0.2, -0.15) is 8.78 Å². The van der Waals surface area contributed by atoms with Gasteiger partial charge in [0, 0.05) is 12.1 Å². The Labute approximate surface area is 141 Å². The number of thiazole rings is 1. The van der Waals surface area contributed by atoms with E-state index < -0.39 is 6.61 Å². The third kappa shape index (κ3) is 3.35. The average molecular weight is 348 g/mol. The molecule has 0 aliphatic carbocycles. The monoisotopic (exact) mass is 348 g/mol. The minimum absolute atomic E-state index is 0.0452. The zero-order valence-electron chi connectivity index (χ0n) is 12.8. The molecule has 1 amide bonds. The lowest BCUT2D eigenvalue weighted by Crippen LogP contribution is -2.30. The van der Waals surface area contributed by atoms with Crippen LogP contribution >= 0.6 is 11.3 Å². The molecule has 3 rings (SSSR count). The molecule has 3 aromatic rings. The summed E-state index contributed by atoms with van der Waals surface area (Å²) in [5.41, 5.74) is 1.09. The van der Waals surface area contributed by atoms with Gasteiger partial charge in [0.05, 0.1) is 10.2 Å². The molecule has 0 atom stereocenters. The summed E-state index contributed by atoms with van der Waals surface area (Å²) in [4.78, 5) is 18.7. The molecule has 24 heavy (non-hydrogen) atoms. The van der Waals surface area contributed by atoms with Gasteiger partial charge in [-0.05, 0) is 37.3 Å². The molecule has 0 unspecified atom stereocenters. The van der Waals surface area contributed by atoms with E-state index in [1.54, 1.807) is 6.07 Å². The summed E-state index contributed by atoms with van der Waals surface area (Å²) in [6.07, 6.45) is 0. The maximum atomic E-state index is 12.7. The normalized spacial score (nSPS) is 11.0. The first kappa shape index (κ1) is 16.3. The molecule has 0 saturated carbocycles. The number of benzene rings is 2. The van der Waals surface area contributed by atoms with Gasteiger partial charge in [-0.3, -0.25) is 9.69 Å². The largest absolute Gasteiger partial charge is 0.435 e. The first-order valence-electron chi connectivity index (χ1n) is 7.31. The highest BCUT2D eigenvalue weighted by Crippen LogP contribution is 2.29. The fourth-order valence-electron chi connectivity index (χ4n) is 2.30. The molecule has 0 radical (unpaired) electrons. The Balaban J connectivity index is 1.91. The number of carbonyl (C=O) groups is 1. The number of nitrogens with zero attached hydrogens (tertiary/aromatic N) is 2. The van der Waals surface area contributed by atoms with Gasteiger partial charge in [0.15, 0.2) is 5.13 Å². The maximum Gasteiger partial charge on any atom is 0.387 e. The highest BCUT2D eigenvalue weighted by Gasteiger charge is 2.20. The zero-order chi connectivity index (χ0) is 17.1. The fourth-order valence-corrected chi connectivity index (χ4v) is 3.33. The van der Waals surface area contributed by atoms with Crippen molar-refractivity contribution in [1.82, 2.24) is 4.98 Å². The van der Waals surface area contributed by atoms with Crippen LogP contribution < -0.4 is 9.64 Å². The first-order chi connectivity index (χ1) is 11.6. The van der Waals surface area contributed by atoms with Gasteiger partial charge in [-0.1, -0.05) is 29.5 Å². The van der Waals surface area contributed by atoms with E-state index in [-0.39, 0.29) is 17.2 Å². The molecule has 7 heteroatoms. The van der Waals surface area contributed by atoms with E-state index in [1.165, 1.54) is 34.4 Å². The Bertz CT molecular complexity index is 833. The molecule has 0 spiro atoms. The van der Waals surface area contributed by atoms with E-state index >= 15 is 0 Å².